The average Bonchev–Trinajstić information content (AvgIpc) is 3.14. The van der Waals surface area contributed by atoms with Gasteiger partial charge in [-0.2, -0.15) is 5.26 Å². The third kappa shape index (κ3) is 3.04. The molecule has 1 amide bonds. The molecule has 0 bridgehead atoms. The van der Waals surface area contributed by atoms with Gasteiger partial charge in [-0.1, -0.05) is 6.07 Å². The van der Waals surface area contributed by atoms with Crippen LogP contribution in [0.2, 0.25) is 0 Å². The van der Waals surface area contributed by atoms with Gasteiger partial charge in [0.1, 0.15) is 11.1 Å². The summed E-state index contributed by atoms with van der Waals surface area (Å²) in [4.78, 5) is 13.8. The van der Waals surface area contributed by atoms with Crippen LogP contribution in [0.3, 0.4) is 0 Å². The predicted molar refractivity (Wildman–Crippen MR) is 93.7 cm³/mol. The number of nitriles is 1. The number of thiocarbonyl (C=S) groups is 1. The lowest BCUT2D eigenvalue weighted by atomic mass is 9.96. The number of hydrogen-bond acceptors (Lipinski definition) is 5. The first kappa shape index (κ1) is 15.2. The van der Waals surface area contributed by atoms with Gasteiger partial charge in [-0.25, -0.2) is 0 Å². The maximum Gasteiger partial charge on any atom is 0.267 e. The summed E-state index contributed by atoms with van der Waals surface area (Å²) in [6.07, 6.45) is 4.25. The lowest BCUT2D eigenvalue weighted by Gasteiger charge is -2.09. The van der Waals surface area contributed by atoms with E-state index in [1.807, 2.05) is 11.4 Å². The van der Waals surface area contributed by atoms with E-state index in [0.717, 1.165) is 36.2 Å². The lowest BCUT2D eigenvalue weighted by molar-refractivity contribution is 0.0981. The Hall–Kier alpha value is -1.75. The van der Waals surface area contributed by atoms with Crippen LogP contribution in [0, 0.1) is 11.3 Å². The monoisotopic (exact) mass is 347 g/mol. The Bertz CT molecular complexity index is 756. The number of amides is 1. The molecule has 2 heterocycles. The van der Waals surface area contributed by atoms with Gasteiger partial charge in [0.05, 0.1) is 10.4 Å². The molecule has 0 unspecified atom stereocenters. The zero-order chi connectivity index (χ0) is 15.5. The number of nitrogens with one attached hydrogen (secondary N) is 2. The number of carbonyl (C=O) groups is 1. The van der Waals surface area contributed by atoms with Crippen molar-refractivity contribution in [3.8, 4) is 6.07 Å². The fraction of sp³-hybridized carbons (Fsp3) is 0.267. The summed E-state index contributed by atoms with van der Waals surface area (Å²) in [5, 5.41) is 17.9. The molecule has 7 heteroatoms. The van der Waals surface area contributed by atoms with E-state index in [2.05, 4.69) is 16.7 Å². The van der Waals surface area contributed by atoms with E-state index in [9.17, 15) is 10.1 Å². The topological polar surface area (TPSA) is 64.9 Å². The van der Waals surface area contributed by atoms with Crippen LogP contribution in [0.25, 0.3) is 0 Å². The first-order valence-electron chi connectivity index (χ1n) is 6.89. The number of fused-ring (bicyclic) bond motifs is 1. The molecule has 0 spiro atoms. The van der Waals surface area contributed by atoms with Crippen molar-refractivity contribution in [2.45, 2.75) is 25.7 Å². The highest BCUT2D eigenvalue weighted by Crippen LogP contribution is 2.37. The largest absolute Gasteiger partial charge is 0.323 e. The second-order valence-corrected chi connectivity index (χ2v) is 7.37. The van der Waals surface area contributed by atoms with E-state index >= 15 is 0 Å². The molecule has 22 heavy (non-hydrogen) atoms. The van der Waals surface area contributed by atoms with Gasteiger partial charge in [-0.05, 0) is 54.9 Å². The van der Waals surface area contributed by atoms with Crippen molar-refractivity contribution in [3.63, 3.8) is 0 Å². The molecular weight excluding hydrogens is 334 g/mol. The number of rotatable bonds is 2. The molecule has 2 aromatic heterocycles. The molecule has 2 N–H and O–H groups in total. The summed E-state index contributed by atoms with van der Waals surface area (Å²) in [6, 6.07) is 5.83. The zero-order valence-electron chi connectivity index (χ0n) is 11.6. The van der Waals surface area contributed by atoms with Gasteiger partial charge in [-0.15, -0.1) is 22.7 Å². The van der Waals surface area contributed by atoms with E-state index in [1.54, 1.807) is 17.4 Å². The fourth-order valence-corrected chi connectivity index (χ4v) is 4.60. The Morgan fingerprint density at radius 1 is 1.36 bits per heavy atom. The molecule has 0 saturated carbocycles. The maximum atomic E-state index is 12.0. The lowest BCUT2D eigenvalue weighted by Crippen LogP contribution is -2.33. The van der Waals surface area contributed by atoms with E-state index in [1.165, 1.54) is 16.2 Å². The standard InChI is InChI=1S/C15H13N3OS3/c16-8-10-9-4-1-2-5-11(9)22-14(10)18-15(20)17-13(19)12-6-3-7-21-12/h3,6-7H,1-2,4-5H2,(H2,17,18,19,20). The van der Waals surface area contributed by atoms with Crippen LogP contribution in [-0.4, -0.2) is 11.0 Å². The molecule has 3 rings (SSSR count). The molecule has 0 aromatic carbocycles. The van der Waals surface area contributed by atoms with Crippen LogP contribution in [-0.2, 0) is 12.8 Å². The number of anilines is 1. The summed E-state index contributed by atoms with van der Waals surface area (Å²) in [5.74, 6) is -0.229. The van der Waals surface area contributed by atoms with Crippen LogP contribution in [0.15, 0.2) is 17.5 Å². The van der Waals surface area contributed by atoms with Crippen LogP contribution in [0.4, 0.5) is 5.00 Å². The highest BCUT2D eigenvalue weighted by Gasteiger charge is 2.21. The number of hydrogen-bond donors (Lipinski definition) is 2. The molecule has 1 aliphatic carbocycles. The highest BCUT2D eigenvalue weighted by atomic mass is 32.1. The van der Waals surface area contributed by atoms with Crippen molar-refractivity contribution in [1.29, 1.82) is 5.26 Å². The van der Waals surface area contributed by atoms with Crippen LogP contribution in [0.1, 0.15) is 38.5 Å². The van der Waals surface area contributed by atoms with E-state index < -0.39 is 0 Å². The fourth-order valence-electron chi connectivity index (χ4n) is 2.48. The Morgan fingerprint density at radius 3 is 2.91 bits per heavy atom. The Balaban J connectivity index is 1.73. The third-order valence-corrected chi connectivity index (χ3v) is 5.76. The zero-order valence-corrected chi connectivity index (χ0v) is 14.1. The van der Waals surface area contributed by atoms with Crippen molar-refractivity contribution in [3.05, 3.63) is 38.4 Å². The third-order valence-electron chi connectivity index (χ3n) is 3.48. The molecule has 0 fully saturated rings. The minimum Gasteiger partial charge on any atom is -0.323 e. The molecule has 0 radical (unpaired) electrons. The van der Waals surface area contributed by atoms with Gasteiger partial charge in [0.25, 0.3) is 5.91 Å². The first-order chi connectivity index (χ1) is 10.7. The first-order valence-corrected chi connectivity index (χ1v) is 9.00. The Morgan fingerprint density at radius 2 is 2.18 bits per heavy atom. The van der Waals surface area contributed by atoms with Gasteiger partial charge < -0.3 is 5.32 Å². The van der Waals surface area contributed by atoms with Gasteiger partial charge in [-0.3, -0.25) is 10.1 Å². The second-order valence-electron chi connectivity index (χ2n) is 4.91. The SMILES string of the molecule is N#Cc1c(NC(=S)NC(=O)c2cccs2)sc2c1CCCC2. The highest BCUT2D eigenvalue weighted by molar-refractivity contribution is 7.80. The maximum absolute atomic E-state index is 12.0. The van der Waals surface area contributed by atoms with Crippen LogP contribution >= 0.6 is 34.9 Å². The van der Waals surface area contributed by atoms with E-state index in [-0.39, 0.29) is 11.0 Å². The van der Waals surface area contributed by atoms with Crippen molar-refractivity contribution >= 4 is 50.9 Å². The summed E-state index contributed by atoms with van der Waals surface area (Å²) >= 11 is 8.12. The van der Waals surface area contributed by atoms with Crippen molar-refractivity contribution in [2.75, 3.05) is 5.32 Å². The van der Waals surface area contributed by atoms with Crippen molar-refractivity contribution in [1.82, 2.24) is 5.32 Å². The molecule has 0 atom stereocenters. The quantitative estimate of drug-likeness (QED) is 0.813. The number of thiophene rings is 2. The van der Waals surface area contributed by atoms with Crippen LogP contribution in [0.5, 0.6) is 0 Å². The normalized spacial score (nSPS) is 13.0. The Labute approximate surface area is 141 Å². The minimum atomic E-state index is -0.229. The van der Waals surface area contributed by atoms with E-state index in [4.69, 9.17) is 12.2 Å². The summed E-state index contributed by atoms with van der Waals surface area (Å²) in [5.41, 5.74) is 1.82. The van der Waals surface area contributed by atoms with Gasteiger partial charge >= 0.3 is 0 Å². The summed E-state index contributed by atoms with van der Waals surface area (Å²) in [6.45, 7) is 0. The molecule has 112 valence electrons. The molecule has 2 aromatic rings. The van der Waals surface area contributed by atoms with Gasteiger partial charge in [0, 0.05) is 4.88 Å². The van der Waals surface area contributed by atoms with Crippen molar-refractivity contribution < 1.29 is 4.79 Å². The van der Waals surface area contributed by atoms with Crippen LogP contribution < -0.4 is 10.6 Å². The smallest absolute Gasteiger partial charge is 0.267 e. The molecule has 0 saturated heterocycles. The molecule has 4 nitrogen and oxygen atoms in total. The van der Waals surface area contributed by atoms with E-state index in [0.29, 0.717) is 10.4 Å². The number of nitrogens with zero attached hydrogens (tertiary/aromatic N) is 1. The Kier molecular flexibility index (Phi) is 4.52. The predicted octanol–water partition coefficient (Wildman–Crippen LogP) is 3.69. The van der Waals surface area contributed by atoms with Gasteiger partial charge in [0.15, 0.2) is 5.11 Å². The second kappa shape index (κ2) is 6.57. The summed E-state index contributed by atoms with van der Waals surface area (Å²) < 4.78 is 0. The number of aryl methyl sites for hydroxylation is 1. The minimum absolute atomic E-state index is 0.229. The average molecular weight is 347 g/mol. The molecule has 1 aliphatic rings. The van der Waals surface area contributed by atoms with Gasteiger partial charge in [0.2, 0.25) is 0 Å². The molecule has 0 aliphatic heterocycles. The summed E-state index contributed by atoms with van der Waals surface area (Å²) in [7, 11) is 0. The number of carbonyl (C=O) groups excluding carboxylic acids is 1. The molecular formula is C15H13N3OS3. The van der Waals surface area contributed by atoms with Crippen molar-refractivity contribution in [2.24, 2.45) is 0 Å².